The Bertz CT molecular complexity index is 1950. The molecule has 2 heterocycles. The van der Waals surface area contributed by atoms with Crippen LogP contribution in [0.4, 0.5) is 5.69 Å². The van der Waals surface area contributed by atoms with Gasteiger partial charge in [-0.1, -0.05) is 12.0 Å². The maximum atomic E-state index is 13.6. The second kappa shape index (κ2) is 19.1. The van der Waals surface area contributed by atoms with Gasteiger partial charge in [-0.15, -0.1) is 0 Å². The van der Waals surface area contributed by atoms with Crippen LogP contribution in [-0.2, 0) is 50.6 Å². The van der Waals surface area contributed by atoms with Gasteiger partial charge in [-0.05, 0) is 36.2 Å². The van der Waals surface area contributed by atoms with Crippen molar-refractivity contribution >= 4 is 41.0 Å². The molecule has 8 N–H and O–H groups in total. The van der Waals surface area contributed by atoms with Crippen LogP contribution < -0.4 is 22.3 Å². The quantitative estimate of drug-likeness (QED) is 0.0245. The number of hydrogen-bond donors (Lipinski definition) is 7. The molecule has 0 radical (unpaired) electrons. The standard InChI is InChI=1S/C25H36N7O18P3/c1-14-11-32(25(36)29-23(14)34)22-10-19(20(47-22)12-46-52(40,41)50-53(42,43)49-51(37,38)39)48-24(35)17-4-3-16(9-18(17)15(2)30-31-27)28-21(33)13-45-8-7-44-6-5-26/h3-4,9,11,15,19-20,22H,5-8,10,12-13,26H2,1-2H3,(H,28,33)(H,40,41)(H,42,43)(H,29,34,36)(H2,37,38,39)/t15?,19?,20-,22-/m1/s1. The molecule has 0 spiro atoms. The van der Waals surface area contributed by atoms with E-state index >= 15 is 0 Å². The van der Waals surface area contributed by atoms with Crippen LogP contribution in [-0.4, -0.2) is 92.8 Å². The lowest BCUT2D eigenvalue weighted by Gasteiger charge is -2.22. The maximum absolute atomic E-state index is 13.6. The predicted molar refractivity (Wildman–Crippen MR) is 177 cm³/mol. The molecule has 1 saturated heterocycles. The molecule has 0 aliphatic carbocycles. The van der Waals surface area contributed by atoms with Gasteiger partial charge in [0.2, 0.25) is 5.91 Å². The van der Waals surface area contributed by atoms with Gasteiger partial charge >= 0.3 is 35.1 Å². The van der Waals surface area contributed by atoms with Gasteiger partial charge in [0.05, 0.1) is 38.0 Å². The van der Waals surface area contributed by atoms with E-state index in [0.717, 1.165) is 10.8 Å². The number of aromatic nitrogens is 2. The summed E-state index contributed by atoms with van der Waals surface area (Å²) in [5.74, 6) is -1.65. The largest absolute Gasteiger partial charge is 0.490 e. The van der Waals surface area contributed by atoms with E-state index in [1.807, 2.05) is 0 Å². The Balaban J connectivity index is 1.85. The number of esters is 1. The summed E-state index contributed by atoms with van der Waals surface area (Å²) in [7, 11) is -17.2. The third kappa shape index (κ3) is 14.0. The second-order valence-electron chi connectivity index (χ2n) is 10.9. The number of aromatic amines is 1. The Morgan fingerprint density at radius 3 is 2.49 bits per heavy atom. The molecule has 1 aromatic heterocycles. The molecule has 25 nitrogen and oxygen atoms in total. The molecule has 1 aliphatic heterocycles. The Labute approximate surface area is 298 Å². The average molecular weight is 816 g/mol. The number of azide groups is 1. The zero-order chi connectivity index (χ0) is 39.6. The van der Waals surface area contributed by atoms with E-state index in [2.05, 4.69) is 33.5 Å². The summed E-state index contributed by atoms with van der Waals surface area (Å²) >= 11 is 0. The lowest BCUT2D eigenvalue weighted by molar-refractivity contribution is -0.121. The van der Waals surface area contributed by atoms with Crippen molar-refractivity contribution in [3.8, 4) is 0 Å². The molecule has 0 bridgehead atoms. The molecule has 6 atom stereocenters. The summed E-state index contributed by atoms with van der Waals surface area (Å²) in [6.07, 6.45) is -3.52. The van der Waals surface area contributed by atoms with Gasteiger partial charge in [-0.25, -0.2) is 23.3 Å². The first-order valence-corrected chi connectivity index (χ1v) is 19.6. The highest BCUT2D eigenvalue weighted by Crippen LogP contribution is 2.66. The molecule has 28 heteroatoms. The number of H-pyrrole nitrogens is 1. The Morgan fingerprint density at radius 1 is 1.13 bits per heavy atom. The van der Waals surface area contributed by atoms with Crippen molar-refractivity contribution in [2.45, 2.75) is 44.7 Å². The van der Waals surface area contributed by atoms with E-state index in [-0.39, 0.29) is 48.6 Å². The van der Waals surface area contributed by atoms with Gasteiger partial charge < -0.3 is 49.6 Å². The van der Waals surface area contributed by atoms with Gasteiger partial charge in [0.15, 0.2) is 0 Å². The van der Waals surface area contributed by atoms with Crippen LogP contribution in [0.3, 0.4) is 0 Å². The monoisotopic (exact) mass is 815 g/mol. The molecule has 294 valence electrons. The molecule has 0 saturated carbocycles. The second-order valence-corrected chi connectivity index (χ2v) is 15.3. The van der Waals surface area contributed by atoms with Crippen LogP contribution >= 0.6 is 23.5 Å². The SMILES string of the molecule is Cc1cn([C@H]2CC(OC(=O)c3ccc(NC(=O)COCCOCCN)cc3C(C)N=[N+]=[N-])[C@@H](COP(=O)(O)OP(=O)(O)OP(=O)(O)O)O2)c(=O)[nH]c1=O. The summed E-state index contributed by atoms with van der Waals surface area (Å²) in [6.45, 7) is 2.37. The molecule has 3 rings (SSSR count). The lowest BCUT2D eigenvalue weighted by atomic mass is 10.0. The van der Waals surface area contributed by atoms with E-state index < -0.39 is 77.7 Å². The third-order valence-corrected chi connectivity index (χ3v) is 10.6. The molecular weight excluding hydrogens is 779 g/mol. The lowest BCUT2D eigenvalue weighted by Crippen LogP contribution is -2.33. The first-order chi connectivity index (χ1) is 24.7. The summed E-state index contributed by atoms with van der Waals surface area (Å²) in [5.41, 5.74) is 12.9. The highest BCUT2D eigenvalue weighted by Gasteiger charge is 2.44. The number of phosphoric ester groups is 1. The Hall–Kier alpha value is -3.60. The number of benzene rings is 1. The van der Waals surface area contributed by atoms with Crippen LogP contribution in [0.5, 0.6) is 0 Å². The number of nitrogens with one attached hydrogen (secondary N) is 2. The molecule has 1 aliphatic rings. The number of anilines is 1. The summed E-state index contributed by atoms with van der Waals surface area (Å²) < 4.78 is 69.9. The van der Waals surface area contributed by atoms with Crippen molar-refractivity contribution in [1.82, 2.24) is 9.55 Å². The summed E-state index contributed by atoms with van der Waals surface area (Å²) in [6, 6.07) is 2.89. The Morgan fingerprint density at radius 2 is 1.83 bits per heavy atom. The smallest absolute Gasteiger partial charge is 0.456 e. The van der Waals surface area contributed by atoms with E-state index in [1.54, 1.807) is 0 Å². The van der Waals surface area contributed by atoms with E-state index in [4.69, 9.17) is 40.0 Å². The fourth-order valence-corrected chi connectivity index (χ4v) is 7.62. The number of hydrogen-bond acceptors (Lipinski definition) is 16. The minimum absolute atomic E-state index is 0.0745. The van der Waals surface area contributed by atoms with Crippen molar-refractivity contribution in [3.63, 3.8) is 0 Å². The number of nitrogens with zero attached hydrogens (tertiary/aromatic N) is 4. The minimum Gasteiger partial charge on any atom is -0.456 e. The number of amides is 1. The summed E-state index contributed by atoms with van der Waals surface area (Å²) in [5, 5.41) is 6.17. The first kappa shape index (κ1) is 43.8. The number of carbonyl (C=O) groups is 2. The molecule has 4 unspecified atom stereocenters. The normalized spacial score (nSPS) is 20.1. The molecule has 1 fully saturated rings. The number of ether oxygens (including phenoxy) is 4. The van der Waals surface area contributed by atoms with Crippen molar-refractivity contribution in [2.75, 3.05) is 44.9 Å². The first-order valence-electron chi connectivity index (χ1n) is 15.0. The average Bonchev–Trinajstić information content (AvgIpc) is 3.43. The Kier molecular flexibility index (Phi) is 15.8. The zero-order valence-electron chi connectivity index (χ0n) is 27.8. The van der Waals surface area contributed by atoms with Gasteiger partial charge in [-0.2, -0.15) is 8.62 Å². The third-order valence-electron chi connectivity index (χ3n) is 6.81. The van der Waals surface area contributed by atoms with E-state index in [1.165, 1.54) is 32.0 Å². The number of phosphoric acid groups is 3. The topological polar surface area (TPSA) is 373 Å². The number of nitrogens with two attached hydrogens (primary N) is 1. The van der Waals surface area contributed by atoms with Crippen LogP contribution in [0.15, 0.2) is 39.1 Å². The van der Waals surface area contributed by atoms with Crippen LogP contribution in [0.2, 0.25) is 0 Å². The van der Waals surface area contributed by atoms with Crippen LogP contribution in [0.1, 0.15) is 47.1 Å². The molecule has 2 aromatic rings. The van der Waals surface area contributed by atoms with Gasteiger partial charge in [0.1, 0.15) is 25.0 Å². The highest BCUT2D eigenvalue weighted by atomic mass is 31.3. The maximum Gasteiger partial charge on any atom is 0.490 e. The highest BCUT2D eigenvalue weighted by molar-refractivity contribution is 7.66. The van der Waals surface area contributed by atoms with Gasteiger partial charge in [0, 0.05) is 35.3 Å². The molecule has 1 amide bonds. The number of aryl methyl sites for hydroxylation is 1. The summed E-state index contributed by atoms with van der Waals surface area (Å²) in [4.78, 5) is 92.3. The van der Waals surface area contributed by atoms with Crippen molar-refractivity contribution in [3.05, 3.63) is 72.4 Å². The van der Waals surface area contributed by atoms with E-state index in [9.17, 15) is 42.7 Å². The van der Waals surface area contributed by atoms with Crippen molar-refractivity contribution < 1.29 is 75.0 Å². The predicted octanol–water partition coefficient (Wildman–Crippen LogP) is 1.00. The van der Waals surface area contributed by atoms with Gasteiger partial charge in [0.25, 0.3) is 5.56 Å². The molecular formula is C25H36N7O18P3. The molecule has 53 heavy (non-hydrogen) atoms. The number of carbonyl (C=O) groups excluding carboxylic acids is 2. The minimum atomic E-state index is -5.88. The van der Waals surface area contributed by atoms with Crippen LogP contribution in [0.25, 0.3) is 10.4 Å². The van der Waals surface area contributed by atoms with Gasteiger partial charge in [-0.3, -0.25) is 23.7 Å². The van der Waals surface area contributed by atoms with Crippen LogP contribution in [0, 0.1) is 6.92 Å². The fourth-order valence-electron chi connectivity index (χ4n) is 4.59. The zero-order valence-corrected chi connectivity index (χ0v) is 30.5. The fraction of sp³-hybridized carbons (Fsp3) is 0.520. The van der Waals surface area contributed by atoms with Crippen molar-refractivity contribution in [2.24, 2.45) is 10.8 Å². The number of rotatable bonds is 20. The van der Waals surface area contributed by atoms with Crippen molar-refractivity contribution in [1.29, 1.82) is 0 Å². The van der Waals surface area contributed by atoms with E-state index in [0.29, 0.717) is 13.2 Å². The molecule has 1 aromatic carbocycles.